The van der Waals surface area contributed by atoms with Gasteiger partial charge in [0.2, 0.25) is 0 Å². The number of fused-ring (bicyclic) bond motifs is 1. The fourth-order valence-electron chi connectivity index (χ4n) is 2.69. The molecule has 1 aromatic heterocycles. The van der Waals surface area contributed by atoms with Crippen LogP contribution in [0.4, 0.5) is 0 Å². The molecule has 0 amide bonds. The van der Waals surface area contributed by atoms with Crippen LogP contribution in [0.3, 0.4) is 0 Å². The van der Waals surface area contributed by atoms with E-state index < -0.39 is 0 Å². The molecule has 4 heteroatoms. The molecule has 0 aliphatic carbocycles. The maximum atomic E-state index is 5.46. The highest BCUT2D eigenvalue weighted by Gasteiger charge is 2.20. The molecule has 0 spiro atoms. The van der Waals surface area contributed by atoms with E-state index in [1.165, 1.54) is 18.4 Å². The molecule has 2 heterocycles. The Balaban J connectivity index is 2.05. The summed E-state index contributed by atoms with van der Waals surface area (Å²) in [6, 6.07) is 8.93. The summed E-state index contributed by atoms with van der Waals surface area (Å²) in [4.78, 5) is 5.68. The van der Waals surface area contributed by atoms with Gasteiger partial charge in [0, 0.05) is 6.04 Å². The first-order valence-electron chi connectivity index (χ1n) is 6.13. The van der Waals surface area contributed by atoms with Gasteiger partial charge < -0.3 is 14.5 Å². The highest BCUT2D eigenvalue weighted by Crippen LogP contribution is 2.26. The highest BCUT2D eigenvalue weighted by atomic mass is 32.1. The van der Waals surface area contributed by atoms with Crippen LogP contribution in [0.5, 0.6) is 0 Å². The Morgan fingerprint density at radius 3 is 2.71 bits per heavy atom. The number of hydrogen-bond acceptors (Lipinski definition) is 2. The van der Waals surface area contributed by atoms with Gasteiger partial charge in [-0.25, -0.2) is 0 Å². The number of aromatic amines is 1. The van der Waals surface area contributed by atoms with Crippen molar-refractivity contribution in [3.8, 4) is 0 Å². The summed E-state index contributed by atoms with van der Waals surface area (Å²) in [5.41, 5.74) is 2.39. The van der Waals surface area contributed by atoms with E-state index in [9.17, 15) is 0 Å². The third-order valence-corrected chi connectivity index (χ3v) is 3.98. The summed E-state index contributed by atoms with van der Waals surface area (Å²) in [5.74, 6) is 0. The molecule has 0 radical (unpaired) electrons. The zero-order chi connectivity index (χ0) is 11.8. The summed E-state index contributed by atoms with van der Waals surface area (Å²) in [6.07, 6.45) is 2.37. The van der Waals surface area contributed by atoms with Gasteiger partial charge in [-0.15, -0.1) is 0 Å². The van der Waals surface area contributed by atoms with Crippen molar-refractivity contribution in [1.29, 1.82) is 0 Å². The predicted octanol–water partition coefficient (Wildman–Crippen LogP) is 2.97. The van der Waals surface area contributed by atoms with E-state index in [1.807, 2.05) is 6.07 Å². The van der Waals surface area contributed by atoms with Crippen molar-refractivity contribution >= 4 is 23.3 Å². The van der Waals surface area contributed by atoms with Gasteiger partial charge in [0.05, 0.1) is 11.0 Å². The molecule has 0 unspecified atom stereocenters. The number of piperidine rings is 1. The molecule has 17 heavy (non-hydrogen) atoms. The number of likely N-dealkylation sites (tertiary alicyclic amines) is 1. The van der Waals surface area contributed by atoms with Crippen molar-refractivity contribution in [1.82, 2.24) is 14.5 Å². The Labute approximate surface area is 106 Å². The van der Waals surface area contributed by atoms with E-state index in [-0.39, 0.29) is 0 Å². The van der Waals surface area contributed by atoms with E-state index in [0.717, 1.165) is 23.4 Å². The number of nitrogens with one attached hydrogen (secondary N) is 1. The lowest BCUT2D eigenvalue weighted by atomic mass is 10.1. The van der Waals surface area contributed by atoms with Crippen molar-refractivity contribution in [2.75, 3.05) is 20.1 Å². The summed E-state index contributed by atoms with van der Waals surface area (Å²) in [7, 11) is 2.19. The largest absolute Gasteiger partial charge is 0.331 e. The third kappa shape index (κ3) is 1.91. The molecule has 1 aromatic carbocycles. The normalized spacial score (nSPS) is 18.9. The Hall–Kier alpha value is -1.13. The second-order valence-corrected chi connectivity index (χ2v) is 5.24. The number of benzene rings is 1. The van der Waals surface area contributed by atoms with Gasteiger partial charge >= 0.3 is 0 Å². The van der Waals surface area contributed by atoms with Crippen LogP contribution in [0.1, 0.15) is 18.9 Å². The quantitative estimate of drug-likeness (QED) is 0.783. The first-order valence-corrected chi connectivity index (χ1v) is 6.54. The predicted molar refractivity (Wildman–Crippen MR) is 72.9 cm³/mol. The highest BCUT2D eigenvalue weighted by molar-refractivity contribution is 7.71. The minimum absolute atomic E-state index is 0.551. The van der Waals surface area contributed by atoms with Crippen molar-refractivity contribution in [3.05, 3.63) is 29.0 Å². The maximum absolute atomic E-state index is 5.46. The number of imidazole rings is 1. The number of aromatic nitrogens is 2. The fourth-order valence-corrected chi connectivity index (χ4v) is 3.05. The first-order chi connectivity index (χ1) is 8.25. The maximum Gasteiger partial charge on any atom is 0.178 e. The fraction of sp³-hybridized carbons (Fsp3) is 0.462. The van der Waals surface area contributed by atoms with E-state index >= 15 is 0 Å². The minimum atomic E-state index is 0.551. The average molecular weight is 247 g/mol. The first kappa shape index (κ1) is 11.0. The topological polar surface area (TPSA) is 24.0 Å². The molecule has 3 rings (SSSR count). The molecule has 3 nitrogen and oxygen atoms in total. The summed E-state index contributed by atoms with van der Waals surface area (Å²) in [6.45, 7) is 2.32. The number of H-pyrrole nitrogens is 1. The van der Waals surface area contributed by atoms with Crippen molar-refractivity contribution < 1.29 is 0 Å². The molecular weight excluding hydrogens is 230 g/mol. The third-order valence-electron chi connectivity index (χ3n) is 3.68. The van der Waals surface area contributed by atoms with Crippen LogP contribution in [0.2, 0.25) is 0 Å². The van der Waals surface area contributed by atoms with Gasteiger partial charge in [0.25, 0.3) is 0 Å². The average Bonchev–Trinajstić information content (AvgIpc) is 2.66. The molecule has 1 aliphatic rings. The van der Waals surface area contributed by atoms with Gasteiger partial charge in [0.15, 0.2) is 4.77 Å². The lowest BCUT2D eigenvalue weighted by molar-refractivity contribution is 0.223. The van der Waals surface area contributed by atoms with Crippen molar-refractivity contribution in [3.63, 3.8) is 0 Å². The Morgan fingerprint density at radius 1 is 1.24 bits per heavy atom. The van der Waals surface area contributed by atoms with Crippen LogP contribution in [-0.2, 0) is 0 Å². The molecule has 1 aliphatic heterocycles. The lowest BCUT2D eigenvalue weighted by Gasteiger charge is -2.30. The van der Waals surface area contributed by atoms with Crippen molar-refractivity contribution in [2.24, 2.45) is 0 Å². The summed E-state index contributed by atoms with van der Waals surface area (Å²) >= 11 is 5.46. The summed E-state index contributed by atoms with van der Waals surface area (Å²) < 4.78 is 3.17. The van der Waals surface area contributed by atoms with Crippen LogP contribution in [0, 0.1) is 4.77 Å². The van der Waals surface area contributed by atoms with Crippen LogP contribution >= 0.6 is 12.2 Å². The van der Waals surface area contributed by atoms with E-state index in [1.54, 1.807) is 0 Å². The smallest absolute Gasteiger partial charge is 0.178 e. The Bertz CT molecular complexity index is 576. The molecular formula is C13H17N3S. The van der Waals surface area contributed by atoms with E-state index in [0.29, 0.717) is 6.04 Å². The summed E-state index contributed by atoms with van der Waals surface area (Å²) in [5, 5.41) is 0. The Morgan fingerprint density at radius 2 is 1.94 bits per heavy atom. The van der Waals surface area contributed by atoms with Gasteiger partial charge in [-0.3, -0.25) is 0 Å². The molecule has 0 atom stereocenters. The SMILES string of the molecule is CN1CCC(n2c(=S)[nH]c3ccccc32)CC1. The molecule has 1 fully saturated rings. The lowest BCUT2D eigenvalue weighted by Crippen LogP contribution is -2.31. The standard InChI is InChI=1S/C13H17N3S/c1-15-8-6-10(7-9-15)16-12-5-3-2-4-11(12)14-13(16)17/h2-5,10H,6-9H2,1H3,(H,14,17). The number of nitrogens with zero attached hydrogens (tertiary/aromatic N) is 2. The molecule has 0 saturated carbocycles. The number of rotatable bonds is 1. The number of para-hydroxylation sites is 2. The number of hydrogen-bond donors (Lipinski definition) is 1. The minimum Gasteiger partial charge on any atom is -0.331 e. The van der Waals surface area contributed by atoms with E-state index in [2.05, 4.69) is 39.7 Å². The Kier molecular flexibility index (Phi) is 2.76. The monoisotopic (exact) mass is 247 g/mol. The van der Waals surface area contributed by atoms with Crippen LogP contribution in [0.25, 0.3) is 11.0 Å². The zero-order valence-electron chi connectivity index (χ0n) is 10.0. The molecule has 1 saturated heterocycles. The molecule has 0 bridgehead atoms. The van der Waals surface area contributed by atoms with Gasteiger partial charge in [-0.2, -0.15) is 0 Å². The van der Waals surface area contributed by atoms with Crippen molar-refractivity contribution in [2.45, 2.75) is 18.9 Å². The van der Waals surface area contributed by atoms with Crippen LogP contribution in [-0.4, -0.2) is 34.6 Å². The second kappa shape index (κ2) is 4.27. The second-order valence-electron chi connectivity index (χ2n) is 4.85. The zero-order valence-corrected chi connectivity index (χ0v) is 10.8. The van der Waals surface area contributed by atoms with Crippen LogP contribution < -0.4 is 0 Å². The molecule has 1 N–H and O–H groups in total. The molecule has 2 aromatic rings. The van der Waals surface area contributed by atoms with Gasteiger partial charge in [-0.05, 0) is 57.3 Å². The van der Waals surface area contributed by atoms with Gasteiger partial charge in [0.1, 0.15) is 0 Å². The molecule has 90 valence electrons. The van der Waals surface area contributed by atoms with Crippen LogP contribution in [0.15, 0.2) is 24.3 Å². The van der Waals surface area contributed by atoms with Gasteiger partial charge in [-0.1, -0.05) is 12.1 Å². The van der Waals surface area contributed by atoms with E-state index in [4.69, 9.17) is 12.2 Å².